The molecule has 0 saturated carbocycles. The highest BCUT2D eigenvalue weighted by atomic mass is 16.5. The van der Waals surface area contributed by atoms with Gasteiger partial charge in [0.25, 0.3) is 0 Å². The van der Waals surface area contributed by atoms with Crippen LogP contribution in [0.25, 0.3) is 0 Å². The summed E-state index contributed by atoms with van der Waals surface area (Å²) < 4.78 is 5.59. The highest BCUT2D eigenvalue weighted by Crippen LogP contribution is 2.29. The molecule has 1 aliphatic heterocycles. The Morgan fingerprint density at radius 1 is 1.21 bits per heavy atom. The van der Waals surface area contributed by atoms with Crippen LogP contribution < -0.4 is 10.1 Å². The highest BCUT2D eigenvalue weighted by molar-refractivity contribution is 5.40. The van der Waals surface area contributed by atoms with Crippen molar-refractivity contribution in [3.8, 4) is 5.75 Å². The van der Waals surface area contributed by atoms with Crippen LogP contribution in [0.5, 0.6) is 5.75 Å². The second-order valence-corrected chi connectivity index (χ2v) is 5.43. The first-order chi connectivity index (χ1) is 9.35. The van der Waals surface area contributed by atoms with Gasteiger partial charge in [0.1, 0.15) is 5.75 Å². The summed E-state index contributed by atoms with van der Waals surface area (Å²) in [6.07, 6.45) is 7.65. The monoisotopic (exact) mass is 261 g/mol. The molecule has 0 saturated heterocycles. The summed E-state index contributed by atoms with van der Waals surface area (Å²) in [5.41, 5.74) is 2.82. The molecule has 2 rings (SSSR count). The van der Waals surface area contributed by atoms with Crippen LogP contribution in [0.2, 0.25) is 0 Å². The van der Waals surface area contributed by atoms with Crippen molar-refractivity contribution in [2.75, 3.05) is 13.2 Å². The fraction of sp³-hybridized carbons (Fsp3) is 0.647. The lowest BCUT2D eigenvalue weighted by Crippen LogP contribution is -2.20. The van der Waals surface area contributed by atoms with Crippen molar-refractivity contribution in [3.63, 3.8) is 0 Å². The summed E-state index contributed by atoms with van der Waals surface area (Å²) in [6, 6.07) is 7.23. The Labute approximate surface area is 117 Å². The molecule has 1 unspecified atom stereocenters. The molecule has 1 atom stereocenters. The van der Waals surface area contributed by atoms with Crippen molar-refractivity contribution in [2.45, 2.75) is 58.4 Å². The van der Waals surface area contributed by atoms with Gasteiger partial charge in [-0.1, -0.05) is 51.7 Å². The van der Waals surface area contributed by atoms with E-state index in [4.69, 9.17) is 4.74 Å². The maximum atomic E-state index is 5.59. The minimum atomic E-state index is 0.507. The molecule has 0 bridgehead atoms. The normalized spacial score (nSPS) is 15.1. The first-order valence-electron chi connectivity index (χ1n) is 7.84. The van der Waals surface area contributed by atoms with E-state index >= 15 is 0 Å². The number of benzene rings is 1. The van der Waals surface area contributed by atoms with Crippen LogP contribution in [-0.2, 0) is 6.42 Å². The lowest BCUT2D eigenvalue weighted by atomic mass is 9.97. The van der Waals surface area contributed by atoms with Gasteiger partial charge in [0, 0.05) is 12.5 Å². The predicted octanol–water partition coefficient (Wildman–Crippen LogP) is 4.24. The Morgan fingerprint density at radius 3 is 2.89 bits per heavy atom. The number of ether oxygens (including phenoxy) is 1. The van der Waals surface area contributed by atoms with Crippen LogP contribution in [0.1, 0.15) is 63.1 Å². The van der Waals surface area contributed by atoms with Crippen LogP contribution in [0, 0.1) is 0 Å². The molecule has 1 N–H and O–H groups in total. The molecule has 0 radical (unpaired) electrons. The quantitative estimate of drug-likeness (QED) is 0.707. The van der Waals surface area contributed by atoms with E-state index < -0.39 is 0 Å². The summed E-state index contributed by atoms with van der Waals surface area (Å²) in [5, 5.41) is 3.63. The zero-order valence-corrected chi connectivity index (χ0v) is 12.4. The molecular formula is C17H27NO. The molecule has 0 fully saturated rings. The van der Waals surface area contributed by atoms with Crippen LogP contribution in [-0.4, -0.2) is 13.2 Å². The Kier molecular flexibility index (Phi) is 5.71. The second kappa shape index (κ2) is 7.54. The number of hydrogen-bond donors (Lipinski definition) is 1. The summed E-state index contributed by atoms with van der Waals surface area (Å²) in [7, 11) is 0. The summed E-state index contributed by atoms with van der Waals surface area (Å²) in [6.45, 7) is 6.34. The minimum Gasteiger partial charge on any atom is -0.493 e. The van der Waals surface area contributed by atoms with E-state index in [1.807, 2.05) is 0 Å². The Morgan fingerprint density at radius 2 is 2.11 bits per heavy atom. The molecule has 1 aliphatic rings. The topological polar surface area (TPSA) is 21.3 Å². The van der Waals surface area contributed by atoms with Crippen molar-refractivity contribution in [1.82, 2.24) is 5.32 Å². The van der Waals surface area contributed by atoms with Crippen LogP contribution in [0.15, 0.2) is 18.2 Å². The lowest BCUT2D eigenvalue weighted by molar-refractivity contribution is 0.356. The maximum absolute atomic E-state index is 5.59. The van der Waals surface area contributed by atoms with E-state index in [0.717, 1.165) is 25.3 Å². The number of nitrogens with one attached hydrogen (secondary N) is 1. The number of unbranched alkanes of at least 4 members (excludes halogenated alkanes) is 3. The van der Waals surface area contributed by atoms with Gasteiger partial charge in [-0.2, -0.15) is 0 Å². The zero-order chi connectivity index (χ0) is 13.5. The summed E-state index contributed by atoms with van der Waals surface area (Å²) in [4.78, 5) is 0. The second-order valence-electron chi connectivity index (χ2n) is 5.43. The average Bonchev–Trinajstić information content (AvgIpc) is 2.89. The van der Waals surface area contributed by atoms with E-state index in [9.17, 15) is 0 Å². The van der Waals surface area contributed by atoms with E-state index in [0.29, 0.717) is 6.04 Å². The van der Waals surface area contributed by atoms with Crippen LogP contribution in [0.4, 0.5) is 0 Å². The van der Waals surface area contributed by atoms with Gasteiger partial charge in [0.2, 0.25) is 0 Å². The van der Waals surface area contributed by atoms with E-state index in [2.05, 4.69) is 37.4 Å². The molecular weight excluding hydrogens is 234 g/mol. The number of fused-ring (bicyclic) bond motifs is 1. The third kappa shape index (κ3) is 3.97. The minimum absolute atomic E-state index is 0.507. The van der Waals surface area contributed by atoms with Crippen LogP contribution in [0.3, 0.4) is 0 Å². The van der Waals surface area contributed by atoms with Crippen molar-refractivity contribution >= 4 is 0 Å². The Bertz CT molecular complexity index is 389. The van der Waals surface area contributed by atoms with Gasteiger partial charge in [0.05, 0.1) is 6.61 Å². The fourth-order valence-electron chi connectivity index (χ4n) is 2.83. The molecule has 0 amide bonds. The fourth-order valence-corrected chi connectivity index (χ4v) is 2.83. The van der Waals surface area contributed by atoms with Crippen molar-refractivity contribution in [2.24, 2.45) is 0 Å². The predicted molar refractivity (Wildman–Crippen MR) is 80.8 cm³/mol. The molecule has 2 heteroatoms. The third-order valence-electron chi connectivity index (χ3n) is 3.91. The SMILES string of the molecule is CCCCCCC(NCC)c1ccc2c(c1)CCO2. The van der Waals surface area contributed by atoms with Gasteiger partial charge in [-0.3, -0.25) is 0 Å². The molecule has 2 nitrogen and oxygen atoms in total. The van der Waals surface area contributed by atoms with Gasteiger partial charge >= 0.3 is 0 Å². The molecule has 0 spiro atoms. The van der Waals surface area contributed by atoms with Gasteiger partial charge in [0.15, 0.2) is 0 Å². The molecule has 1 aromatic carbocycles. The molecule has 19 heavy (non-hydrogen) atoms. The molecule has 0 aromatic heterocycles. The molecule has 1 aromatic rings. The highest BCUT2D eigenvalue weighted by Gasteiger charge is 2.16. The van der Waals surface area contributed by atoms with Gasteiger partial charge in [-0.05, 0) is 30.2 Å². The first kappa shape index (κ1) is 14.4. The largest absolute Gasteiger partial charge is 0.493 e. The molecule has 106 valence electrons. The zero-order valence-electron chi connectivity index (χ0n) is 12.4. The Hall–Kier alpha value is -1.02. The maximum Gasteiger partial charge on any atom is 0.122 e. The van der Waals surface area contributed by atoms with Crippen molar-refractivity contribution < 1.29 is 4.74 Å². The smallest absolute Gasteiger partial charge is 0.122 e. The van der Waals surface area contributed by atoms with E-state index in [1.165, 1.54) is 43.2 Å². The van der Waals surface area contributed by atoms with E-state index in [-0.39, 0.29) is 0 Å². The Balaban J connectivity index is 1.97. The standard InChI is InChI=1S/C17H27NO/c1-3-5-6-7-8-16(18-4-2)14-9-10-17-15(13-14)11-12-19-17/h9-10,13,16,18H,3-8,11-12H2,1-2H3. The van der Waals surface area contributed by atoms with Crippen molar-refractivity contribution in [1.29, 1.82) is 0 Å². The number of hydrogen-bond acceptors (Lipinski definition) is 2. The van der Waals surface area contributed by atoms with E-state index in [1.54, 1.807) is 0 Å². The summed E-state index contributed by atoms with van der Waals surface area (Å²) in [5.74, 6) is 1.09. The van der Waals surface area contributed by atoms with Crippen molar-refractivity contribution in [3.05, 3.63) is 29.3 Å². The van der Waals surface area contributed by atoms with Crippen LogP contribution >= 0.6 is 0 Å². The average molecular weight is 261 g/mol. The number of rotatable bonds is 8. The summed E-state index contributed by atoms with van der Waals surface area (Å²) >= 11 is 0. The third-order valence-corrected chi connectivity index (χ3v) is 3.91. The first-order valence-corrected chi connectivity index (χ1v) is 7.84. The van der Waals surface area contributed by atoms with Gasteiger partial charge in [-0.25, -0.2) is 0 Å². The molecule has 1 heterocycles. The van der Waals surface area contributed by atoms with Gasteiger partial charge in [-0.15, -0.1) is 0 Å². The lowest BCUT2D eigenvalue weighted by Gasteiger charge is -2.19. The van der Waals surface area contributed by atoms with Gasteiger partial charge < -0.3 is 10.1 Å². The molecule has 0 aliphatic carbocycles.